The molecule has 4 atom stereocenters. The van der Waals surface area contributed by atoms with Crippen molar-refractivity contribution in [1.82, 2.24) is 0 Å². The summed E-state index contributed by atoms with van der Waals surface area (Å²) in [4.78, 5) is 11.3. The topological polar surface area (TPSA) is 43.4 Å². The third kappa shape index (κ3) is 4.09. The van der Waals surface area contributed by atoms with Gasteiger partial charge in [-0.15, -0.1) is 0 Å². The second kappa shape index (κ2) is 7.14. The number of carbonyl (C=O) groups excluding carboxylic acids is 1. The molecule has 4 unspecified atom stereocenters. The van der Waals surface area contributed by atoms with Gasteiger partial charge in [0.15, 0.2) is 0 Å². The molecular weight excluding hydrogens is 236 g/mol. The molecule has 0 aromatic carbocycles. The molecule has 1 fully saturated rings. The van der Waals surface area contributed by atoms with Gasteiger partial charge >= 0.3 is 5.97 Å². The highest BCUT2D eigenvalue weighted by molar-refractivity contribution is 7.85. The van der Waals surface area contributed by atoms with Crippen LogP contribution in [0.5, 0.6) is 0 Å². The van der Waals surface area contributed by atoms with Gasteiger partial charge in [0.05, 0.1) is 13.0 Å². The lowest BCUT2D eigenvalue weighted by molar-refractivity contribution is -0.144. The molecule has 1 aliphatic rings. The van der Waals surface area contributed by atoms with E-state index in [1.807, 2.05) is 0 Å². The zero-order valence-corrected chi connectivity index (χ0v) is 11.9. The van der Waals surface area contributed by atoms with E-state index >= 15 is 0 Å². The van der Waals surface area contributed by atoms with Gasteiger partial charge in [0.1, 0.15) is 0 Å². The van der Waals surface area contributed by atoms with Gasteiger partial charge in [-0.2, -0.15) is 0 Å². The van der Waals surface area contributed by atoms with Crippen molar-refractivity contribution in [3.05, 3.63) is 0 Å². The average Bonchev–Trinajstić information content (AvgIpc) is 2.37. The van der Waals surface area contributed by atoms with Crippen LogP contribution >= 0.6 is 0 Å². The molecule has 0 radical (unpaired) electrons. The third-order valence-corrected chi connectivity index (χ3v) is 5.84. The van der Waals surface area contributed by atoms with Crippen molar-refractivity contribution < 1.29 is 13.7 Å². The Morgan fingerprint density at radius 1 is 1.41 bits per heavy atom. The van der Waals surface area contributed by atoms with Crippen LogP contribution in [0.3, 0.4) is 0 Å². The van der Waals surface area contributed by atoms with Gasteiger partial charge < -0.3 is 4.74 Å². The summed E-state index contributed by atoms with van der Waals surface area (Å²) in [6.07, 6.45) is 5.79. The Hall–Kier alpha value is -0.380. The summed E-state index contributed by atoms with van der Waals surface area (Å²) >= 11 is 0. The maximum Gasteiger partial charge on any atom is 0.309 e. The summed E-state index contributed by atoms with van der Waals surface area (Å²) in [5.74, 6) is 0.533. The highest BCUT2D eigenvalue weighted by Crippen LogP contribution is 2.31. The van der Waals surface area contributed by atoms with Crippen LogP contribution in [0.15, 0.2) is 0 Å². The number of esters is 1. The number of ether oxygens (including phenoxy) is 1. The summed E-state index contributed by atoms with van der Waals surface area (Å²) in [6.45, 7) is 3.97. The molecule has 1 rings (SSSR count). The van der Waals surface area contributed by atoms with E-state index in [1.54, 1.807) is 6.92 Å². The van der Waals surface area contributed by atoms with Crippen LogP contribution in [-0.4, -0.2) is 28.3 Å². The monoisotopic (exact) mass is 260 g/mol. The Balaban J connectivity index is 2.53. The van der Waals surface area contributed by atoms with Crippen molar-refractivity contribution in [2.45, 2.75) is 51.2 Å². The number of hydrogen-bond donors (Lipinski definition) is 0. The minimum Gasteiger partial charge on any atom is -0.469 e. The second-order valence-electron chi connectivity index (χ2n) is 4.96. The fraction of sp³-hybridized carbons (Fsp3) is 0.923. The van der Waals surface area contributed by atoms with Crippen LogP contribution in [0.2, 0.25) is 0 Å². The lowest BCUT2D eigenvalue weighted by atomic mass is 9.87. The molecule has 0 heterocycles. The smallest absolute Gasteiger partial charge is 0.309 e. The average molecular weight is 260 g/mol. The van der Waals surface area contributed by atoms with Crippen molar-refractivity contribution in [1.29, 1.82) is 0 Å². The highest BCUT2D eigenvalue weighted by atomic mass is 32.2. The number of carbonyl (C=O) groups is 1. The van der Waals surface area contributed by atoms with Gasteiger partial charge in [-0.25, -0.2) is 0 Å². The van der Waals surface area contributed by atoms with Crippen LogP contribution in [0.25, 0.3) is 0 Å². The number of rotatable bonds is 5. The molecule has 0 saturated heterocycles. The molecule has 1 aliphatic carbocycles. The quantitative estimate of drug-likeness (QED) is 0.713. The first-order valence-electron chi connectivity index (χ1n) is 6.55. The summed E-state index contributed by atoms with van der Waals surface area (Å²) in [5, 5.41) is 0.292. The van der Waals surface area contributed by atoms with E-state index in [9.17, 15) is 9.00 Å². The minimum absolute atomic E-state index is 0.248. The van der Waals surface area contributed by atoms with E-state index in [2.05, 4.69) is 11.7 Å². The Morgan fingerprint density at radius 2 is 2.06 bits per heavy atom. The van der Waals surface area contributed by atoms with Crippen LogP contribution in [0, 0.1) is 11.8 Å². The Kier molecular flexibility index (Phi) is 6.17. The zero-order valence-electron chi connectivity index (χ0n) is 11.1. The molecule has 0 N–H and O–H groups in total. The lowest BCUT2D eigenvalue weighted by Gasteiger charge is -2.30. The standard InChI is InChI=1S/C13H24O3S/c1-4-11-7-5-6-8-12(11)17(15)9-10(2)13(14)16-3/h10-12H,4-9H2,1-3H3. The molecule has 3 nitrogen and oxygen atoms in total. The summed E-state index contributed by atoms with van der Waals surface area (Å²) in [7, 11) is 0.497. The molecule has 100 valence electrons. The maximum atomic E-state index is 12.3. The van der Waals surface area contributed by atoms with E-state index in [4.69, 9.17) is 0 Å². The first-order chi connectivity index (χ1) is 8.10. The molecule has 0 aromatic heterocycles. The predicted octanol–water partition coefficient (Wildman–Crippen LogP) is 2.51. The van der Waals surface area contributed by atoms with Gasteiger partial charge in [-0.05, 0) is 18.8 Å². The van der Waals surface area contributed by atoms with Crippen molar-refractivity contribution >= 4 is 16.8 Å². The first kappa shape index (κ1) is 14.7. The van der Waals surface area contributed by atoms with E-state index in [0.29, 0.717) is 16.9 Å². The van der Waals surface area contributed by atoms with E-state index in [1.165, 1.54) is 26.4 Å². The van der Waals surface area contributed by atoms with Gasteiger partial charge in [-0.3, -0.25) is 9.00 Å². The normalized spacial score (nSPS) is 28.4. The summed E-state index contributed by atoms with van der Waals surface area (Å²) in [5.41, 5.74) is 0. The Labute approximate surface area is 107 Å². The van der Waals surface area contributed by atoms with Crippen LogP contribution < -0.4 is 0 Å². The van der Waals surface area contributed by atoms with Crippen LogP contribution in [0.1, 0.15) is 46.0 Å². The van der Waals surface area contributed by atoms with E-state index in [-0.39, 0.29) is 11.9 Å². The van der Waals surface area contributed by atoms with E-state index in [0.717, 1.165) is 12.8 Å². The Morgan fingerprint density at radius 3 is 2.65 bits per heavy atom. The minimum atomic E-state index is -0.890. The van der Waals surface area contributed by atoms with Crippen molar-refractivity contribution in [3.8, 4) is 0 Å². The largest absolute Gasteiger partial charge is 0.469 e. The fourth-order valence-electron chi connectivity index (χ4n) is 2.63. The first-order valence-corrected chi connectivity index (χ1v) is 7.93. The van der Waals surface area contributed by atoms with Crippen molar-refractivity contribution in [2.75, 3.05) is 12.9 Å². The van der Waals surface area contributed by atoms with Gasteiger partial charge in [0.25, 0.3) is 0 Å². The SMILES string of the molecule is CCC1CCCCC1S(=O)CC(C)C(=O)OC. The fourth-order valence-corrected chi connectivity index (χ4v) is 4.69. The van der Waals surface area contributed by atoms with E-state index < -0.39 is 10.8 Å². The molecule has 0 aromatic rings. The van der Waals surface area contributed by atoms with Crippen molar-refractivity contribution in [2.24, 2.45) is 11.8 Å². The maximum absolute atomic E-state index is 12.3. The lowest BCUT2D eigenvalue weighted by Crippen LogP contribution is -2.33. The zero-order chi connectivity index (χ0) is 12.8. The Bertz CT molecular complexity index is 278. The van der Waals surface area contributed by atoms with Gasteiger partial charge in [0.2, 0.25) is 0 Å². The molecule has 0 amide bonds. The molecule has 17 heavy (non-hydrogen) atoms. The summed E-state index contributed by atoms with van der Waals surface area (Å²) in [6, 6.07) is 0. The predicted molar refractivity (Wildman–Crippen MR) is 70.2 cm³/mol. The number of hydrogen-bond acceptors (Lipinski definition) is 3. The number of methoxy groups -OCH3 is 1. The summed E-state index contributed by atoms with van der Waals surface area (Å²) < 4.78 is 17.0. The van der Waals surface area contributed by atoms with Crippen molar-refractivity contribution in [3.63, 3.8) is 0 Å². The molecule has 1 saturated carbocycles. The molecule has 4 heteroatoms. The second-order valence-corrected chi connectivity index (χ2v) is 6.66. The molecule has 0 spiro atoms. The third-order valence-electron chi connectivity index (χ3n) is 3.72. The molecular formula is C13H24O3S. The van der Waals surface area contributed by atoms with Crippen LogP contribution in [0.4, 0.5) is 0 Å². The van der Waals surface area contributed by atoms with Crippen LogP contribution in [-0.2, 0) is 20.3 Å². The van der Waals surface area contributed by atoms with Gasteiger partial charge in [0, 0.05) is 21.8 Å². The van der Waals surface area contributed by atoms with Gasteiger partial charge in [-0.1, -0.05) is 33.1 Å². The molecule has 0 aliphatic heterocycles. The highest BCUT2D eigenvalue weighted by Gasteiger charge is 2.30. The molecule has 0 bridgehead atoms.